The van der Waals surface area contributed by atoms with Crippen LogP contribution in [0.3, 0.4) is 0 Å². The molecular weight excluding hydrogens is 256 g/mol. The molecule has 0 N–H and O–H groups in total. The van der Waals surface area contributed by atoms with Gasteiger partial charge in [0.15, 0.2) is 0 Å². The monoisotopic (exact) mass is 282 g/mol. The van der Waals surface area contributed by atoms with Crippen molar-refractivity contribution in [2.45, 2.75) is 60.8 Å². The maximum absolute atomic E-state index is 11.5. The molecule has 2 fully saturated rings. The van der Waals surface area contributed by atoms with Gasteiger partial charge in [0.1, 0.15) is 0 Å². The van der Waals surface area contributed by atoms with Gasteiger partial charge in [-0.05, 0) is 53.0 Å². The van der Waals surface area contributed by atoms with E-state index in [-0.39, 0.29) is 16.6 Å². The number of rotatable bonds is 2. The van der Waals surface area contributed by atoms with Gasteiger partial charge < -0.3 is 0 Å². The zero-order chi connectivity index (χ0) is 14.6. The number of hydrogen-bond acceptors (Lipinski definition) is 1. The lowest BCUT2D eigenvalue weighted by Gasteiger charge is -2.42. The van der Waals surface area contributed by atoms with Gasteiger partial charge in [-0.2, -0.15) is 0 Å². The van der Waals surface area contributed by atoms with E-state index in [1.807, 2.05) is 0 Å². The fourth-order valence-electron chi connectivity index (χ4n) is 4.51. The summed E-state index contributed by atoms with van der Waals surface area (Å²) in [5.41, 5.74) is 2.32. The van der Waals surface area contributed by atoms with E-state index >= 15 is 0 Å². The van der Waals surface area contributed by atoms with Crippen LogP contribution < -0.4 is 0 Å². The highest BCUT2D eigenvalue weighted by atomic mass is 35.5. The van der Waals surface area contributed by atoms with Crippen LogP contribution >= 0.6 is 11.6 Å². The Labute approximate surface area is 122 Å². The summed E-state index contributed by atoms with van der Waals surface area (Å²) in [6, 6.07) is 0. The number of carbonyl (C=O) groups excluding carboxylic acids is 1. The van der Waals surface area contributed by atoms with Crippen LogP contribution in [0.2, 0.25) is 0 Å². The molecule has 19 heavy (non-hydrogen) atoms. The Bertz CT molecular complexity index is 411. The van der Waals surface area contributed by atoms with Crippen molar-refractivity contribution >= 4 is 16.8 Å². The van der Waals surface area contributed by atoms with Gasteiger partial charge in [-0.3, -0.25) is 4.79 Å². The summed E-state index contributed by atoms with van der Waals surface area (Å²) in [6.45, 7) is 13.7. The number of hydrogen-bond donors (Lipinski definition) is 0. The molecule has 2 aliphatic carbocycles. The molecule has 2 heteroatoms. The molecule has 2 unspecified atom stereocenters. The van der Waals surface area contributed by atoms with Gasteiger partial charge >= 0.3 is 0 Å². The first-order chi connectivity index (χ1) is 8.45. The number of carbonyl (C=O) groups is 1. The Morgan fingerprint density at radius 1 is 1.11 bits per heavy atom. The van der Waals surface area contributed by atoms with E-state index < -0.39 is 0 Å². The van der Waals surface area contributed by atoms with Crippen molar-refractivity contribution in [1.82, 2.24) is 0 Å². The highest BCUT2D eigenvalue weighted by Crippen LogP contribution is 2.61. The zero-order valence-electron chi connectivity index (χ0n) is 13.1. The van der Waals surface area contributed by atoms with Gasteiger partial charge in [-0.1, -0.05) is 53.2 Å². The number of halogens is 1. The van der Waals surface area contributed by atoms with Crippen molar-refractivity contribution < 1.29 is 4.79 Å². The molecule has 0 spiro atoms. The second-order valence-corrected chi connectivity index (χ2v) is 9.19. The van der Waals surface area contributed by atoms with Crippen LogP contribution in [0.25, 0.3) is 0 Å². The second kappa shape index (κ2) is 4.35. The highest BCUT2D eigenvalue weighted by Gasteiger charge is 2.60. The quantitative estimate of drug-likeness (QED) is 0.503. The van der Waals surface area contributed by atoms with Crippen molar-refractivity contribution in [3.63, 3.8) is 0 Å². The van der Waals surface area contributed by atoms with Crippen molar-refractivity contribution in [3.8, 4) is 0 Å². The third-order valence-electron chi connectivity index (χ3n) is 4.94. The van der Waals surface area contributed by atoms with Gasteiger partial charge in [0, 0.05) is 5.92 Å². The van der Waals surface area contributed by atoms with E-state index in [1.165, 1.54) is 12.0 Å². The van der Waals surface area contributed by atoms with Gasteiger partial charge in [-0.25, -0.2) is 0 Å². The summed E-state index contributed by atoms with van der Waals surface area (Å²) in [7, 11) is 0. The van der Waals surface area contributed by atoms with E-state index in [0.29, 0.717) is 16.7 Å². The fraction of sp³-hybridized carbons (Fsp3) is 0.824. The smallest absolute Gasteiger partial charge is 0.225 e. The standard InChI is InChI=1S/C17H27ClO/c1-15(2)8-11(9-16(3,4)10-15)7-12-13(14(18)19)17(12,5)6/h7,12-13H,8-10H2,1-6H3. The molecule has 0 aliphatic heterocycles. The lowest BCUT2D eigenvalue weighted by atomic mass is 9.63. The normalized spacial score (nSPS) is 34.8. The van der Waals surface area contributed by atoms with Gasteiger partial charge in [0.25, 0.3) is 0 Å². The van der Waals surface area contributed by atoms with Crippen LogP contribution in [0.5, 0.6) is 0 Å². The Kier molecular flexibility index (Phi) is 3.45. The molecule has 0 amide bonds. The van der Waals surface area contributed by atoms with E-state index in [1.54, 1.807) is 0 Å². The first-order valence-electron chi connectivity index (χ1n) is 7.34. The van der Waals surface area contributed by atoms with Crippen molar-refractivity contribution in [1.29, 1.82) is 0 Å². The maximum atomic E-state index is 11.5. The van der Waals surface area contributed by atoms with E-state index in [0.717, 1.165) is 12.8 Å². The zero-order valence-corrected chi connectivity index (χ0v) is 13.9. The summed E-state index contributed by atoms with van der Waals surface area (Å²) < 4.78 is 0. The Hall–Kier alpha value is -0.300. The molecule has 108 valence electrons. The molecule has 0 aromatic heterocycles. The summed E-state index contributed by atoms with van der Waals surface area (Å²) in [4.78, 5) is 11.5. The first-order valence-corrected chi connectivity index (χ1v) is 7.71. The summed E-state index contributed by atoms with van der Waals surface area (Å²) in [5, 5.41) is -0.166. The highest BCUT2D eigenvalue weighted by molar-refractivity contribution is 6.64. The average Bonchev–Trinajstić information content (AvgIpc) is 2.61. The summed E-state index contributed by atoms with van der Waals surface area (Å²) in [6.07, 6.45) is 5.95. The average molecular weight is 283 g/mol. The third-order valence-corrected chi connectivity index (χ3v) is 5.17. The van der Waals surface area contributed by atoms with Gasteiger partial charge in [0.2, 0.25) is 5.24 Å². The molecule has 2 rings (SSSR count). The Balaban J connectivity index is 2.19. The Morgan fingerprint density at radius 3 is 1.95 bits per heavy atom. The Morgan fingerprint density at radius 2 is 1.58 bits per heavy atom. The van der Waals surface area contributed by atoms with Gasteiger partial charge in [-0.15, -0.1) is 0 Å². The van der Waals surface area contributed by atoms with Crippen LogP contribution in [0.4, 0.5) is 0 Å². The molecule has 0 radical (unpaired) electrons. The molecule has 0 heterocycles. The fourth-order valence-corrected chi connectivity index (χ4v) is 4.92. The van der Waals surface area contributed by atoms with Crippen molar-refractivity contribution in [3.05, 3.63) is 11.6 Å². The van der Waals surface area contributed by atoms with E-state index in [2.05, 4.69) is 47.6 Å². The minimum atomic E-state index is -0.166. The van der Waals surface area contributed by atoms with E-state index in [4.69, 9.17) is 11.6 Å². The molecule has 0 aromatic carbocycles. The lowest BCUT2D eigenvalue weighted by Crippen LogP contribution is -2.29. The molecule has 0 bridgehead atoms. The van der Waals surface area contributed by atoms with Crippen LogP contribution in [0, 0.1) is 28.1 Å². The molecule has 2 atom stereocenters. The second-order valence-electron chi connectivity index (χ2n) is 8.81. The topological polar surface area (TPSA) is 17.1 Å². The third kappa shape index (κ3) is 3.07. The van der Waals surface area contributed by atoms with Crippen molar-refractivity contribution in [2.75, 3.05) is 0 Å². The maximum Gasteiger partial charge on any atom is 0.225 e. The predicted octanol–water partition coefficient (Wildman–Crippen LogP) is 5.19. The van der Waals surface area contributed by atoms with Crippen molar-refractivity contribution in [2.24, 2.45) is 28.1 Å². The summed E-state index contributed by atoms with van der Waals surface area (Å²) in [5.74, 6) is 0.368. The minimum absolute atomic E-state index is 0.0230. The van der Waals surface area contributed by atoms with Crippen LogP contribution in [-0.4, -0.2) is 5.24 Å². The van der Waals surface area contributed by atoms with Gasteiger partial charge in [0.05, 0.1) is 0 Å². The SMILES string of the molecule is CC1(C)CC(=CC2C(C(=O)Cl)C2(C)C)CC(C)(C)C1. The van der Waals surface area contributed by atoms with Crippen LogP contribution in [-0.2, 0) is 4.79 Å². The predicted molar refractivity (Wildman–Crippen MR) is 81.1 cm³/mol. The largest absolute Gasteiger partial charge is 0.281 e. The lowest BCUT2D eigenvalue weighted by molar-refractivity contribution is -0.113. The van der Waals surface area contributed by atoms with Crippen LogP contribution in [0.1, 0.15) is 60.8 Å². The summed E-state index contributed by atoms with van der Waals surface area (Å²) >= 11 is 5.72. The molecular formula is C17H27ClO. The molecule has 2 aliphatic rings. The minimum Gasteiger partial charge on any atom is -0.281 e. The molecule has 1 nitrogen and oxygen atoms in total. The number of allylic oxidation sites excluding steroid dienone is 2. The molecule has 2 saturated carbocycles. The molecule has 0 aromatic rings. The first kappa shape index (κ1) is 15.1. The van der Waals surface area contributed by atoms with E-state index in [9.17, 15) is 4.79 Å². The van der Waals surface area contributed by atoms with Crippen LogP contribution in [0.15, 0.2) is 11.6 Å². The molecule has 0 saturated heterocycles.